The third-order valence-corrected chi connectivity index (χ3v) is 4.83. The van der Waals surface area contributed by atoms with E-state index in [1.807, 2.05) is 25.0 Å². The molecule has 23 heavy (non-hydrogen) atoms. The van der Waals surface area contributed by atoms with Crippen molar-refractivity contribution >= 4 is 0 Å². The molecule has 1 saturated heterocycles. The summed E-state index contributed by atoms with van der Waals surface area (Å²) in [6.45, 7) is 5.26. The van der Waals surface area contributed by atoms with Crippen molar-refractivity contribution in [1.82, 2.24) is 14.7 Å². The lowest BCUT2D eigenvalue weighted by atomic mass is 9.87. The average Bonchev–Trinajstić information content (AvgIpc) is 2.94. The van der Waals surface area contributed by atoms with Gasteiger partial charge < -0.3 is 4.74 Å². The molecule has 0 N–H and O–H groups in total. The van der Waals surface area contributed by atoms with Crippen LogP contribution in [0.4, 0.5) is 0 Å². The normalized spacial score (nSPS) is 22.4. The maximum absolute atomic E-state index is 5.82. The summed E-state index contributed by atoms with van der Waals surface area (Å²) in [4.78, 5) is 2.48. The number of aromatic nitrogens is 2. The highest BCUT2D eigenvalue weighted by Crippen LogP contribution is 2.25. The van der Waals surface area contributed by atoms with Crippen LogP contribution in [-0.2, 0) is 24.8 Å². The van der Waals surface area contributed by atoms with Gasteiger partial charge in [0.2, 0.25) is 0 Å². The number of nitrogens with zero attached hydrogens (tertiary/aromatic N) is 3. The Morgan fingerprint density at radius 3 is 2.87 bits per heavy atom. The summed E-state index contributed by atoms with van der Waals surface area (Å²) in [7, 11) is 3.82. The van der Waals surface area contributed by atoms with Gasteiger partial charge in [0.1, 0.15) is 0 Å². The molecule has 0 unspecified atom stereocenters. The Balaban J connectivity index is 1.60. The van der Waals surface area contributed by atoms with E-state index in [0.717, 1.165) is 26.1 Å². The Morgan fingerprint density at radius 1 is 1.30 bits per heavy atom. The van der Waals surface area contributed by atoms with E-state index < -0.39 is 0 Å². The van der Waals surface area contributed by atoms with Gasteiger partial charge in [-0.2, -0.15) is 5.10 Å². The minimum Gasteiger partial charge on any atom is -0.380 e. The third-order valence-electron chi connectivity index (χ3n) is 4.83. The molecule has 1 aromatic carbocycles. The molecule has 1 fully saturated rings. The Hall–Kier alpha value is -1.65. The topological polar surface area (TPSA) is 30.3 Å². The molecule has 0 saturated carbocycles. The monoisotopic (exact) mass is 313 g/mol. The molecule has 1 aliphatic heterocycles. The summed E-state index contributed by atoms with van der Waals surface area (Å²) in [5.41, 5.74) is 4.04. The Kier molecular flexibility index (Phi) is 5.13. The first kappa shape index (κ1) is 16.2. The molecule has 2 atom stereocenters. The van der Waals surface area contributed by atoms with Crippen LogP contribution in [0, 0.1) is 12.8 Å². The van der Waals surface area contributed by atoms with Crippen LogP contribution in [0.2, 0.25) is 0 Å². The van der Waals surface area contributed by atoms with Crippen molar-refractivity contribution in [3.05, 3.63) is 53.3 Å². The number of methoxy groups -OCH3 is 1. The van der Waals surface area contributed by atoms with Crippen LogP contribution in [0.3, 0.4) is 0 Å². The maximum Gasteiger partial charge on any atom is 0.0730 e. The summed E-state index contributed by atoms with van der Waals surface area (Å²) < 4.78 is 7.69. The SMILES string of the molecule is CO[C@H]1CN(Cc2cnn(C)c2)CC[C@@H]1Cc1cccc(C)c1. The quantitative estimate of drug-likeness (QED) is 0.850. The summed E-state index contributed by atoms with van der Waals surface area (Å²) in [6, 6.07) is 8.86. The van der Waals surface area contributed by atoms with Crippen molar-refractivity contribution in [3.63, 3.8) is 0 Å². The fourth-order valence-corrected chi connectivity index (χ4v) is 3.63. The summed E-state index contributed by atoms with van der Waals surface area (Å²) in [6.07, 6.45) is 6.66. The van der Waals surface area contributed by atoms with Crippen molar-refractivity contribution < 1.29 is 4.74 Å². The van der Waals surface area contributed by atoms with Gasteiger partial charge in [-0.05, 0) is 37.8 Å². The van der Waals surface area contributed by atoms with E-state index in [-0.39, 0.29) is 0 Å². The zero-order valence-electron chi connectivity index (χ0n) is 14.4. The minimum atomic E-state index is 0.306. The number of likely N-dealkylation sites (tertiary alicyclic amines) is 1. The number of hydrogen-bond acceptors (Lipinski definition) is 3. The fraction of sp³-hybridized carbons (Fsp3) is 0.526. The van der Waals surface area contributed by atoms with E-state index in [1.165, 1.54) is 23.1 Å². The number of ether oxygens (including phenoxy) is 1. The molecular formula is C19H27N3O. The predicted molar refractivity (Wildman–Crippen MR) is 92.3 cm³/mol. The molecule has 0 radical (unpaired) electrons. The Bertz CT molecular complexity index is 637. The largest absolute Gasteiger partial charge is 0.380 e. The number of benzene rings is 1. The molecule has 0 bridgehead atoms. The number of hydrogen-bond donors (Lipinski definition) is 0. The predicted octanol–water partition coefficient (Wildman–Crippen LogP) is 2.81. The maximum atomic E-state index is 5.82. The Labute approximate surface area is 139 Å². The number of aryl methyl sites for hydroxylation is 2. The first-order valence-corrected chi connectivity index (χ1v) is 8.42. The lowest BCUT2D eigenvalue weighted by molar-refractivity contribution is -0.0136. The van der Waals surface area contributed by atoms with Gasteiger partial charge in [0.05, 0.1) is 12.3 Å². The highest BCUT2D eigenvalue weighted by molar-refractivity contribution is 5.23. The second kappa shape index (κ2) is 7.28. The van der Waals surface area contributed by atoms with Crippen molar-refractivity contribution in [1.29, 1.82) is 0 Å². The molecule has 3 rings (SSSR count). The zero-order chi connectivity index (χ0) is 16.2. The molecule has 0 aliphatic carbocycles. The van der Waals surface area contributed by atoms with E-state index in [9.17, 15) is 0 Å². The van der Waals surface area contributed by atoms with Crippen LogP contribution in [0.5, 0.6) is 0 Å². The second-order valence-corrected chi connectivity index (χ2v) is 6.77. The smallest absolute Gasteiger partial charge is 0.0730 e. The zero-order valence-corrected chi connectivity index (χ0v) is 14.4. The van der Waals surface area contributed by atoms with Crippen LogP contribution >= 0.6 is 0 Å². The Morgan fingerprint density at radius 2 is 2.17 bits per heavy atom. The summed E-state index contributed by atoms with van der Waals surface area (Å²) >= 11 is 0. The molecule has 0 spiro atoms. The van der Waals surface area contributed by atoms with E-state index in [1.54, 1.807) is 0 Å². The first-order chi connectivity index (χ1) is 11.1. The fourth-order valence-electron chi connectivity index (χ4n) is 3.63. The van der Waals surface area contributed by atoms with E-state index >= 15 is 0 Å². The van der Waals surface area contributed by atoms with Crippen molar-refractivity contribution in [3.8, 4) is 0 Å². The molecular weight excluding hydrogens is 286 g/mol. The van der Waals surface area contributed by atoms with Crippen molar-refractivity contribution in [2.75, 3.05) is 20.2 Å². The van der Waals surface area contributed by atoms with Gasteiger partial charge in [-0.25, -0.2) is 0 Å². The lowest BCUT2D eigenvalue weighted by Gasteiger charge is -2.37. The summed E-state index contributed by atoms with van der Waals surface area (Å²) in [5.74, 6) is 0.604. The third kappa shape index (κ3) is 4.21. The molecule has 1 aromatic heterocycles. The average molecular weight is 313 g/mol. The second-order valence-electron chi connectivity index (χ2n) is 6.77. The van der Waals surface area contributed by atoms with Gasteiger partial charge in [0.25, 0.3) is 0 Å². The highest BCUT2D eigenvalue weighted by Gasteiger charge is 2.29. The van der Waals surface area contributed by atoms with Crippen molar-refractivity contribution in [2.24, 2.45) is 13.0 Å². The number of rotatable bonds is 5. The van der Waals surface area contributed by atoms with Gasteiger partial charge in [0.15, 0.2) is 0 Å². The van der Waals surface area contributed by atoms with Gasteiger partial charge in [-0.3, -0.25) is 9.58 Å². The van der Waals surface area contributed by atoms with Crippen molar-refractivity contribution in [2.45, 2.75) is 32.4 Å². The molecule has 1 aliphatic rings. The first-order valence-electron chi connectivity index (χ1n) is 8.42. The lowest BCUT2D eigenvalue weighted by Crippen LogP contribution is -2.45. The molecule has 2 aromatic rings. The standard InChI is InChI=1S/C19H27N3O/c1-15-5-4-6-16(9-15)10-18-7-8-22(14-19(18)23-3)13-17-11-20-21(2)12-17/h4-6,9,11-12,18-19H,7-8,10,13-14H2,1-3H3/t18-,19+/m1/s1. The highest BCUT2D eigenvalue weighted by atomic mass is 16.5. The van der Waals surface area contributed by atoms with Gasteiger partial charge >= 0.3 is 0 Å². The van der Waals surface area contributed by atoms with Crippen LogP contribution < -0.4 is 0 Å². The summed E-state index contributed by atoms with van der Waals surface area (Å²) in [5, 5.41) is 4.26. The number of piperidine rings is 1. The van der Waals surface area contributed by atoms with Gasteiger partial charge in [0, 0.05) is 39.0 Å². The minimum absolute atomic E-state index is 0.306. The van der Waals surface area contributed by atoms with Crippen LogP contribution in [0.1, 0.15) is 23.1 Å². The molecule has 2 heterocycles. The van der Waals surface area contributed by atoms with E-state index in [4.69, 9.17) is 4.74 Å². The van der Waals surface area contributed by atoms with Crippen LogP contribution in [0.15, 0.2) is 36.7 Å². The van der Waals surface area contributed by atoms with Crippen LogP contribution in [0.25, 0.3) is 0 Å². The molecule has 124 valence electrons. The molecule has 4 heteroatoms. The van der Waals surface area contributed by atoms with E-state index in [0.29, 0.717) is 12.0 Å². The molecule has 0 amide bonds. The van der Waals surface area contributed by atoms with Gasteiger partial charge in [-0.15, -0.1) is 0 Å². The van der Waals surface area contributed by atoms with Gasteiger partial charge in [-0.1, -0.05) is 29.8 Å². The van der Waals surface area contributed by atoms with Crippen LogP contribution in [-0.4, -0.2) is 41.0 Å². The molecule has 4 nitrogen and oxygen atoms in total. The van der Waals surface area contributed by atoms with E-state index in [2.05, 4.69) is 47.4 Å².